The second-order valence-electron chi connectivity index (χ2n) is 9.07. The number of nitrogens with zero attached hydrogens (tertiary/aromatic N) is 4. The zero-order valence-electron chi connectivity index (χ0n) is 18.6. The van der Waals surface area contributed by atoms with Crippen LogP contribution in [0.25, 0.3) is 22.2 Å². The third-order valence-electron chi connectivity index (χ3n) is 6.64. The first-order chi connectivity index (χ1) is 17.2. The minimum absolute atomic E-state index is 0.0939. The number of alkyl halides is 3. The summed E-state index contributed by atoms with van der Waals surface area (Å²) in [5.74, 6) is -0.725. The van der Waals surface area contributed by atoms with Crippen LogP contribution in [0, 0.1) is 5.82 Å². The Kier molecular flexibility index (Phi) is 4.75. The van der Waals surface area contributed by atoms with E-state index in [0.717, 1.165) is 18.9 Å². The summed E-state index contributed by atoms with van der Waals surface area (Å²) in [6.45, 7) is 0. The van der Waals surface area contributed by atoms with E-state index >= 15 is 0 Å². The number of benzene rings is 1. The van der Waals surface area contributed by atoms with Gasteiger partial charge in [0.1, 0.15) is 34.7 Å². The first-order valence-corrected chi connectivity index (χ1v) is 11.2. The third kappa shape index (κ3) is 3.62. The molecule has 0 spiro atoms. The zero-order valence-corrected chi connectivity index (χ0v) is 18.6. The van der Waals surface area contributed by atoms with Gasteiger partial charge in [0.05, 0.1) is 11.1 Å². The first-order valence-electron chi connectivity index (χ1n) is 11.2. The van der Waals surface area contributed by atoms with Gasteiger partial charge in [-0.1, -0.05) is 11.2 Å². The number of nitrogens with two attached hydrogens (primary N) is 1. The van der Waals surface area contributed by atoms with Gasteiger partial charge in [0.15, 0.2) is 0 Å². The highest BCUT2D eigenvalue weighted by Crippen LogP contribution is 2.58. The highest BCUT2D eigenvalue weighted by atomic mass is 19.4. The summed E-state index contributed by atoms with van der Waals surface area (Å²) in [7, 11) is 0. The Bertz CT molecular complexity index is 1500. The largest absolute Gasteiger partial charge is 0.400 e. The molecule has 1 aromatic carbocycles. The SMILES string of the molecule is Nc1ncnc2c1c(-c1ccc(NC(=O)Nc3cc(C4(C(F)(F)F)CC4)no3)c(F)c1)cn2C1CC1. The fourth-order valence-electron chi connectivity index (χ4n) is 4.38. The van der Waals surface area contributed by atoms with Crippen molar-refractivity contribution in [1.29, 1.82) is 0 Å². The van der Waals surface area contributed by atoms with E-state index in [0.29, 0.717) is 28.2 Å². The first kappa shape index (κ1) is 22.3. The highest BCUT2D eigenvalue weighted by molar-refractivity contribution is 6.02. The number of anilines is 3. The minimum atomic E-state index is -4.46. The second-order valence-corrected chi connectivity index (χ2v) is 9.07. The van der Waals surface area contributed by atoms with Crippen LogP contribution in [0.1, 0.15) is 37.4 Å². The Balaban J connectivity index is 1.21. The Morgan fingerprint density at radius 2 is 1.94 bits per heavy atom. The number of hydrogen-bond acceptors (Lipinski definition) is 6. The van der Waals surface area contributed by atoms with E-state index in [1.54, 1.807) is 6.07 Å². The number of nitrogens with one attached hydrogen (secondary N) is 2. The van der Waals surface area contributed by atoms with E-state index in [4.69, 9.17) is 10.3 Å². The van der Waals surface area contributed by atoms with Crippen LogP contribution in [-0.4, -0.2) is 31.9 Å². The van der Waals surface area contributed by atoms with E-state index < -0.39 is 23.4 Å². The molecule has 0 atom stereocenters. The molecular weight excluding hydrogens is 482 g/mol. The van der Waals surface area contributed by atoms with Crippen LogP contribution in [0.15, 0.2) is 41.3 Å². The van der Waals surface area contributed by atoms with Gasteiger partial charge in [-0.2, -0.15) is 13.2 Å². The molecule has 2 aliphatic carbocycles. The molecule has 186 valence electrons. The second kappa shape index (κ2) is 7.67. The number of urea groups is 1. The number of fused-ring (bicyclic) bond motifs is 1. The predicted molar refractivity (Wildman–Crippen MR) is 122 cm³/mol. The zero-order chi connectivity index (χ0) is 25.2. The monoisotopic (exact) mass is 501 g/mol. The molecule has 36 heavy (non-hydrogen) atoms. The average molecular weight is 501 g/mol. The molecule has 4 N–H and O–H groups in total. The van der Waals surface area contributed by atoms with Crippen molar-refractivity contribution in [2.24, 2.45) is 0 Å². The van der Waals surface area contributed by atoms with Gasteiger partial charge in [0, 0.05) is 23.9 Å². The van der Waals surface area contributed by atoms with Gasteiger partial charge < -0.3 is 20.1 Å². The van der Waals surface area contributed by atoms with Crippen LogP contribution < -0.4 is 16.4 Å². The lowest BCUT2D eigenvalue weighted by atomic mass is 10.0. The summed E-state index contributed by atoms with van der Waals surface area (Å²) in [6, 6.07) is 4.68. The minimum Gasteiger partial charge on any atom is -0.383 e. The molecule has 2 amide bonds. The lowest BCUT2D eigenvalue weighted by Crippen LogP contribution is -2.28. The van der Waals surface area contributed by atoms with E-state index in [1.165, 1.54) is 18.5 Å². The maximum Gasteiger partial charge on any atom is 0.400 e. The average Bonchev–Trinajstić information content (AvgIpc) is 3.74. The normalized spacial score (nSPS) is 16.8. The van der Waals surface area contributed by atoms with Crippen molar-refractivity contribution in [2.75, 3.05) is 16.4 Å². The lowest BCUT2D eigenvalue weighted by molar-refractivity contribution is -0.161. The number of hydrogen-bond donors (Lipinski definition) is 3. The van der Waals surface area contributed by atoms with Crippen molar-refractivity contribution in [3.8, 4) is 11.1 Å². The molecule has 2 fully saturated rings. The van der Waals surface area contributed by atoms with Gasteiger partial charge in [-0.25, -0.2) is 19.2 Å². The molecule has 2 saturated carbocycles. The van der Waals surface area contributed by atoms with Crippen molar-refractivity contribution in [2.45, 2.75) is 43.3 Å². The summed E-state index contributed by atoms with van der Waals surface area (Å²) in [5.41, 5.74) is 5.48. The molecule has 0 radical (unpaired) electrons. The van der Waals surface area contributed by atoms with Gasteiger partial charge in [0.25, 0.3) is 0 Å². The standard InChI is InChI=1S/C23H19F4N7O2/c24-14-7-11(13-9-34(12-2-3-12)20-18(13)19(28)29-10-30-20)1-4-15(14)31-21(35)32-17-8-16(33-36-17)22(5-6-22)23(25,26)27/h1,4,7-10,12H,2-3,5-6H2,(H2,28,29,30)(H2,31,32,35). The van der Waals surface area contributed by atoms with Crippen molar-refractivity contribution in [3.05, 3.63) is 48.3 Å². The fourth-order valence-corrected chi connectivity index (χ4v) is 4.38. The van der Waals surface area contributed by atoms with Crippen LogP contribution in [0.3, 0.4) is 0 Å². The van der Waals surface area contributed by atoms with Crippen molar-refractivity contribution >= 4 is 34.5 Å². The Morgan fingerprint density at radius 1 is 1.17 bits per heavy atom. The number of halogens is 4. The van der Waals surface area contributed by atoms with Crippen LogP contribution >= 0.6 is 0 Å². The maximum atomic E-state index is 14.9. The summed E-state index contributed by atoms with van der Waals surface area (Å²) < 4.78 is 61.6. The van der Waals surface area contributed by atoms with Gasteiger partial charge in [-0.05, 0) is 43.4 Å². The Labute approximate surface area is 200 Å². The van der Waals surface area contributed by atoms with Crippen LogP contribution in [0.5, 0.6) is 0 Å². The molecule has 3 heterocycles. The summed E-state index contributed by atoms with van der Waals surface area (Å²) >= 11 is 0. The molecule has 13 heteroatoms. The summed E-state index contributed by atoms with van der Waals surface area (Å²) in [4.78, 5) is 20.7. The van der Waals surface area contributed by atoms with E-state index in [9.17, 15) is 22.4 Å². The van der Waals surface area contributed by atoms with E-state index in [1.807, 2.05) is 10.8 Å². The smallest absolute Gasteiger partial charge is 0.383 e. The van der Waals surface area contributed by atoms with Crippen LogP contribution in [-0.2, 0) is 5.41 Å². The quantitative estimate of drug-likeness (QED) is 0.316. The molecule has 0 unspecified atom stereocenters. The fraction of sp³-hybridized carbons (Fsp3) is 0.304. The maximum absolute atomic E-state index is 14.9. The predicted octanol–water partition coefficient (Wildman–Crippen LogP) is 5.38. The van der Waals surface area contributed by atoms with Crippen LogP contribution in [0.2, 0.25) is 0 Å². The Morgan fingerprint density at radius 3 is 2.61 bits per heavy atom. The number of aromatic nitrogens is 4. The number of rotatable bonds is 5. The van der Waals surface area contributed by atoms with Gasteiger partial charge in [-0.3, -0.25) is 5.32 Å². The highest BCUT2D eigenvalue weighted by Gasteiger charge is 2.66. The number of carbonyl (C=O) groups excluding carboxylic acids is 1. The molecule has 0 saturated heterocycles. The molecule has 6 rings (SSSR count). The summed E-state index contributed by atoms with van der Waals surface area (Å²) in [6.07, 6.45) is 0.643. The van der Waals surface area contributed by atoms with E-state index in [-0.39, 0.29) is 35.9 Å². The third-order valence-corrected chi connectivity index (χ3v) is 6.64. The summed E-state index contributed by atoms with van der Waals surface area (Å²) in [5, 5.41) is 8.64. The molecule has 0 aliphatic heterocycles. The molecule has 4 aromatic rings. The topological polar surface area (TPSA) is 124 Å². The van der Waals surface area contributed by atoms with Crippen molar-refractivity contribution in [1.82, 2.24) is 19.7 Å². The van der Waals surface area contributed by atoms with Gasteiger partial charge in [0.2, 0.25) is 5.88 Å². The number of carbonyl (C=O) groups is 1. The van der Waals surface area contributed by atoms with Crippen molar-refractivity contribution < 1.29 is 26.9 Å². The molecule has 0 bridgehead atoms. The van der Waals surface area contributed by atoms with Gasteiger partial charge in [-0.15, -0.1) is 0 Å². The molecular formula is C23H19F4N7O2. The van der Waals surface area contributed by atoms with Gasteiger partial charge >= 0.3 is 12.2 Å². The molecule has 2 aliphatic rings. The van der Waals surface area contributed by atoms with Crippen molar-refractivity contribution in [3.63, 3.8) is 0 Å². The lowest BCUT2D eigenvalue weighted by Gasteiger charge is -2.15. The number of nitrogen functional groups attached to an aromatic ring is 1. The Hall–Kier alpha value is -4.16. The number of amides is 2. The molecule has 3 aromatic heterocycles. The molecule has 9 nitrogen and oxygen atoms in total. The van der Waals surface area contributed by atoms with Crippen LogP contribution in [0.4, 0.5) is 39.7 Å². The van der Waals surface area contributed by atoms with E-state index in [2.05, 4.69) is 25.8 Å².